The Morgan fingerprint density at radius 1 is 0.871 bits per heavy atom. The van der Waals surface area contributed by atoms with E-state index in [-0.39, 0.29) is 5.91 Å². The molecule has 0 bridgehead atoms. The molecule has 31 heavy (non-hydrogen) atoms. The minimum absolute atomic E-state index is 0.0391. The first-order valence-electron chi connectivity index (χ1n) is 10.5. The van der Waals surface area contributed by atoms with Gasteiger partial charge in [0.05, 0.1) is 24.7 Å². The van der Waals surface area contributed by atoms with E-state index < -0.39 is 0 Å². The van der Waals surface area contributed by atoms with Gasteiger partial charge in [-0.1, -0.05) is 66.7 Å². The van der Waals surface area contributed by atoms with E-state index in [9.17, 15) is 4.79 Å². The lowest BCUT2D eigenvalue weighted by molar-refractivity contribution is 0.0726. The van der Waals surface area contributed by atoms with Crippen LogP contribution >= 0.6 is 0 Å². The van der Waals surface area contributed by atoms with Gasteiger partial charge in [0.15, 0.2) is 0 Å². The van der Waals surface area contributed by atoms with Crippen molar-refractivity contribution in [1.29, 1.82) is 0 Å². The zero-order valence-electron chi connectivity index (χ0n) is 17.2. The Balaban J connectivity index is 1.51. The molecule has 1 aliphatic heterocycles. The summed E-state index contributed by atoms with van der Waals surface area (Å²) in [6.45, 7) is 1.57. The number of carbonyl (C=O) groups excluding carboxylic acids is 1. The van der Waals surface area contributed by atoms with Crippen LogP contribution in [0.15, 0.2) is 95.8 Å². The van der Waals surface area contributed by atoms with Gasteiger partial charge in [-0.3, -0.25) is 4.79 Å². The molecule has 1 aliphatic rings. The number of nitrogens with zero attached hydrogens (tertiary/aromatic N) is 1. The fraction of sp³-hybridized carbons (Fsp3) is 0.148. The van der Waals surface area contributed by atoms with E-state index in [2.05, 4.69) is 24.3 Å². The highest BCUT2D eigenvalue weighted by Gasteiger charge is 2.25. The van der Waals surface area contributed by atoms with Gasteiger partial charge < -0.3 is 14.1 Å². The maximum atomic E-state index is 13.7. The molecule has 0 unspecified atom stereocenters. The number of para-hydroxylation sites is 1. The first-order valence-corrected chi connectivity index (χ1v) is 10.5. The predicted molar refractivity (Wildman–Crippen MR) is 120 cm³/mol. The summed E-state index contributed by atoms with van der Waals surface area (Å²) >= 11 is 0. The van der Waals surface area contributed by atoms with Gasteiger partial charge >= 0.3 is 0 Å². The van der Waals surface area contributed by atoms with Crippen molar-refractivity contribution < 1.29 is 13.9 Å². The standard InChI is InChI=1S/C27H23NO3/c29-27(25-12-6-10-22-14-16-31-26(22)25)28(17-20-13-15-30-19-20)18-23-9-4-5-11-24(23)21-7-2-1-3-8-21/h1-13,15,19H,14,16-18H2. The molecule has 154 valence electrons. The van der Waals surface area contributed by atoms with Crippen molar-refractivity contribution in [3.05, 3.63) is 114 Å². The second-order valence-corrected chi connectivity index (χ2v) is 7.71. The largest absolute Gasteiger partial charge is 0.492 e. The van der Waals surface area contributed by atoms with Gasteiger partial charge in [-0.25, -0.2) is 0 Å². The van der Waals surface area contributed by atoms with Gasteiger partial charge in [-0.15, -0.1) is 0 Å². The third-order valence-corrected chi connectivity index (χ3v) is 5.65. The van der Waals surface area contributed by atoms with Crippen LogP contribution in [-0.2, 0) is 19.5 Å². The van der Waals surface area contributed by atoms with Gasteiger partial charge in [0.2, 0.25) is 0 Å². The molecule has 0 saturated heterocycles. The number of carbonyl (C=O) groups is 1. The van der Waals surface area contributed by atoms with Crippen LogP contribution < -0.4 is 4.74 Å². The Morgan fingerprint density at radius 3 is 2.55 bits per heavy atom. The minimum Gasteiger partial charge on any atom is -0.492 e. The van der Waals surface area contributed by atoms with Crippen molar-refractivity contribution in [2.24, 2.45) is 0 Å². The van der Waals surface area contributed by atoms with E-state index in [0.29, 0.717) is 25.3 Å². The number of ether oxygens (including phenoxy) is 1. The molecular weight excluding hydrogens is 386 g/mol. The van der Waals surface area contributed by atoms with Crippen LogP contribution in [0.5, 0.6) is 5.75 Å². The Hall–Kier alpha value is -3.79. The summed E-state index contributed by atoms with van der Waals surface area (Å²) < 4.78 is 11.1. The van der Waals surface area contributed by atoms with E-state index in [1.165, 1.54) is 0 Å². The number of amides is 1. The number of rotatable bonds is 6. The minimum atomic E-state index is -0.0391. The molecule has 0 spiro atoms. The van der Waals surface area contributed by atoms with Crippen molar-refractivity contribution in [1.82, 2.24) is 4.90 Å². The van der Waals surface area contributed by atoms with Crippen molar-refractivity contribution in [2.45, 2.75) is 19.5 Å². The van der Waals surface area contributed by atoms with Gasteiger partial charge in [0, 0.05) is 25.1 Å². The quantitative estimate of drug-likeness (QED) is 0.409. The molecule has 1 amide bonds. The predicted octanol–water partition coefficient (Wildman–Crippen LogP) is 5.72. The highest BCUT2D eigenvalue weighted by Crippen LogP contribution is 2.32. The average Bonchev–Trinajstić information content (AvgIpc) is 3.51. The summed E-state index contributed by atoms with van der Waals surface area (Å²) in [4.78, 5) is 15.6. The van der Waals surface area contributed by atoms with Gasteiger partial charge in [0.1, 0.15) is 5.75 Å². The summed E-state index contributed by atoms with van der Waals surface area (Å²) in [5, 5.41) is 0. The van der Waals surface area contributed by atoms with Crippen molar-refractivity contribution >= 4 is 5.91 Å². The van der Waals surface area contributed by atoms with E-state index in [0.717, 1.165) is 40.0 Å². The van der Waals surface area contributed by atoms with Gasteiger partial charge in [0.25, 0.3) is 5.91 Å². The first kappa shape index (κ1) is 19.2. The molecule has 0 aliphatic carbocycles. The lowest BCUT2D eigenvalue weighted by atomic mass is 9.99. The molecule has 4 aromatic rings. The normalized spacial score (nSPS) is 12.3. The number of furan rings is 1. The molecule has 0 saturated carbocycles. The van der Waals surface area contributed by atoms with Crippen LogP contribution in [0, 0.1) is 0 Å². The lowest BCUT2D eigenvalue weighted by Gasteiger charge is -2.24. The molecule has 1 aromatic heterocycles. The van der Waals surface area contributed by atoms with E-state index in [1.54, 1.807) is 12.5 Å². The fourth-order valence-electron chi connectivity index (χ4n) is 4.12. The smallest absolute Gasteiger partial charge is 0.258 e. The first-order chi connectivity index (χ1) is 15.3. The Kier molecular flexibility index (Phi) is 5.28. The third-order valence-electron chi connectivity index (χ3n) is 5.65. The van der Waals surface area contributed by atoms with Crippen LogP contribution in [0.25, 0.3) is 11.1 Å². The molecule has 0 atom stereocenters. The molecular formula is C27H23NO3. The summed E-state index contributed by atoms with van der Waals surface area (Å²) in [5.41, 5.74) is 6.04. The second kappa shape index (κ2) is 8.52. The van der Waals surface area contributed by atoms with Crippen LogP contribution in [0.1, 0.15) is 27.0 Å². The molecule has 4 heteroatoms. The second-order valence-electron chi connectivity index (χ2n) is 7.71. The summed E-state index contributed by atoms with van der Waals surface area (Å²) in [6, 6.07) is 26.2. The molecule has 0 N–H and O–H groups in total. The number of hydrogen-bond acceptors (Lipinski definition) is 3. The summed E-state index contributed by atoms with van der Waals surface area (Å²) in [5.74, 6) is 0.684. The van der Waals surface area contributed by atoms with Gasteiger partial charge in [-0.2, -0.15) is 0 Å². The van der Waals surface area contributed by atoms with Crippen molar-refractivity contribution in [2.75, 3.05) is 6.61 Å². The Labute approximate surface area is 181 Å². The maximum absolute atomic E-state index is 13.7. The topological polar surface area (TPSA) is 42.7 Å². The van der Waals surface area contributed by atoms with Crippen LogP contribution in [0.2, 0.25) is 0 Å². The highest BCUT2D eigenvalue weighted by molar-refractivity contribution is 5.97. The monoisotopic (exact) mass is 409 g/mol. The third kappa shape index (κ3) is 3.97. The zero-order chi connectivity index (χ0) is 21.0. The average molecular weight is 409 g/mol. The molecule has 3 aromatic carbocycles. The summed E-state index contributed by atoms with van der Waals surface area (Å²) in [7, 11) is 0. The lowest BCUT2D eigenvalue weighted by Crippen LogP contribution is -2.30. The number of fused-ring (bicyclic) bond motifs is 1. The maximum Gasteiger partial charge on any atom is 0.258 e. The fourth-order valence-corrected chi connectivity index (χ4v) is 4.12. The van der Waals surface area contributed by atoms with E-state index in [4.69, 9.17) is 9.15 Å². The van der Waals surface area contributed by atoms with Crippen molar-refractivity contribution in [3.63, 3.8) is 0 Å². The van der Waals surface area contributed by atoms with Crippen LogP contribution in [0.4, 0.5) is 0 Å². The molecule has 2 heterocycles. The van der Waals surface area contributed by atoms with E-state index >= 15 is 0 Å². The number of benzene rings is 3. The highest BCUT2D eigenvalue weighted by atomic mass is 16.5. The van der Waals surface area contributed by atoms with Crippen molar-refractivity contribution in [3.8, 4) is 16.9 Å². The zero-order valence-corrected chi connectivity index (χ0v) is 17.2. The summed E-state index contributed by atoms with van der Waals surface area (Å²) in [6.07, 6.45) is 4.17. The molecule has 4 nitrogen and oxygen atoms in total. The van der Waals surface area contributed by atoms with Gasteiger partial charge in [-0.05, 0) is 34.4 Å². The Bertz CT molecular complexity index is 1180. The van der Waals surface area contributed by atoms with Crippen LogP contribution in [-0.4, -0.2) is 17.4 Å². The number of hydrogen-bond donors (Lipinski definition) is 0. The molecule has 5 rings (SSSR count). The molecule has 0 fully saturated rings. The van der Waals surface area contributed by atoms with E-state index in [1.807, 2.05) is 59.5 Å². The molecule has 0 radical (unpaired) electrons. The van der Waals surface area contributed by atoms with Crippen LogP contribution in [0.3, 0.4) is 0 Å². The SMILES string of the molecule is O=C(c1cccc2c1OCC2)N(Cc1ccoc1)Cc1ccccc1-c1ccccc1. The Morgan fingerprint density at radius 2 is 1.71 bits per heavy atom.